The number of hydrogen-bond acceptors (Lipinski definition) is 5. The van der Waals surface area contributed by atoms with Gasteiger partial charge in [-0.05, 0) is 31.5 Å². The largest absolute Gasteiger partial charge is 0.478 e. The minimum atomic E-state index is -1.13. The van der Waals surface area contributed by atoms with Crippen LogP contribution in [0.5, 0.6) is 0 Å². The molecule has 0 saturated carbocycles. The van der Waals surface area contributed by atoms with Crippen molar-refractivity contribution in [3.05, 3.63) is 51.8 Å². The molecule has 0 spiro atoms. The average Bonchev–Trinajstić information content (AvgIpc) is 2.67. The van der Waals surface area contributed by atoms with Crippen LogP contribution < -0.4 is 0 Å². The van der Waals surface area contributed by atoms with E-state index in [1.165, 1.54) is 0 Å². The summed E-state index contributed by atoms with van der Waals surface area (Å²) in [5, 5.41) is 19.4. The number of aromatic nitrogens is 1. The Morgan fingerprint density at radius 1 is 1.10 bits per heavy atom. The summed E-state index contributed by atoms with van der Waals surface area (Å²) in [4.78, 5) is 33.7. The Hall–Kier alpha value is -2.48. The summed E-state index contributed by atoms with van der Waals surface area (Å²) in [5.41, 5.74) is 2.09. The van der Waals surface area contributed by atoms with E-state index in [9.17, 15) is 14.7 Å². The van der Waals surface area contributed by atoms with Crippen LogP contribution in [0.25, 0.3) is 11.1 Å². The van der Waals surface area contributed by atoms with Crippen LogP contribution in [-0.4, -0.2) is 76.2 Å². The molecule has 0 atom stereocenters. The third-order valence-corrected chi connectivity index (χ3v) is 5.41. The number of rotatable bonds is 5. The summed E-state index contributed by atoms with van der Waals surface area (Å²) < 4.78 is 0. The molecule has 2 N–H and O–H groups in total. The number of pyridine rings is 1. The van der Waals surface area contributed by atoms with Crippen molar-refractivity contribution < 1.29 is 19.8 Å². The number of aliphatic hydroxyl groups is 1. The number of carbonyl (C=O) groups is 2. The summed E-state index contributed by atoms with van der Waals surface area (Å²) in [6.45, 7) is 6.33. The SMILES string of the molecule is Cc1nc(C)c(C(=O)N2CCN(CCO)CC2)c(-c2cccc(Cl)c2)c1C(=O)O. The second-order valence-corrected chi connectivity index (χ2v) is 7.52. The van der Waals surface area contributed by atoms with E-state index in [1.807, 2.05) is 0 Å². The molecule has 1 fully saturated rings. The lowest BCUT2D eigenvalue weighted by atomic mass is 9.91. The van der Waals surface area contributed by atoms with Crippen molar-refractivity contribution in [1.29, 1.82) is 0 Å². The first-order chi connectivity index (χ1) is 13.8. The first-order valence-corrected chi connectivity index (χ1v) is 9.84. The van der Waals surface area contributed by atoms with Crippen LogP contribution in [0.1, 0.15) is 32.1 Å². The second-order valence-electron chi connectivity index (χ2n) is 7.08. The van der Waals surface area contributed by atoms with E-state index < -0.39 is 5.97 Å². The molecule has 0 aliphatic carbocycles. The number of benzene rings is 1. The van der Waals surface area contributed by atoms with E-state index in [-0.39, 0.29) is 18.1 Å². The summed E-state index contributed by atoms with van der Waals surface area (Å²) in [7, 11) is 0. The number of carbonyl (C=O) groups excluding carboxylic acids is 1. The van der Waals surface area contributed by atoms with E-state index in [0.717, 1.165) is 0 Å². The molecule has 29 heavy (non-hydrogen) atoms. The van der Waals surface area contributed by atoms with Gasteiger partial charge in [-0.3, -0.25) is 14.7 Å². The van der Waals surface area contributed by atoms with Crippen LogP contribution in [0.2, 0.25) is 5.02 Å². The molecule has 1 aromatic carbocycles. The van der Waals surface area contributed by atoms with Gasteiger partial charge >= 0.3 is 5.97 Å². The standard InChI is InChI=1S/C21H24ClN3O4/c1-13-17(20(27)25-8-6-24(7-9-25)10-11-26)19(15-4-3-5-16(22)12-15)18(21(28)29)14(2)23-13/h3-5,12,26H,6-11H2,1-2H3,(H,28,29). The predicted molar refractivity (Wildman–Crippen MR) is 111 cm³/mol. The highest BCUT2D eigenvalue weighted by Crippen LogP contribution is 2.33. The zero-order chi connectivity index (χ0) is 21.1. The number of halogens is 1. The molecule has 3 rings (SSSR count). The first-order valence-electron chi connectivity index (χ1n) is 9.46. The third kappa shape index (κ3) is 4.42. The number of hydrogen-bond donors (Lipinski definition) is 2. The van der Waals surface area contributed by atoms with Crippen molar-refractivity contribution in [3.63, 3.8) is 0 Å². The normalized spacial score (nSPS) is 14.8. The number of carboxylic acids is 1. The second kappa shape index (κ2) is 8.90. The van der Waals surface area contributed by atoms with E-state index >= 15 is 0 Å². The minimum Gasteiger partial charge on any atom is -0.478 e. The smallest absolute Gasteiger partial charge is 0.338 e. The van der Waals surface area contributed by atoms with Crippen molar-refractivity contribution in [2.75, 3.05) is 39.3 Å². The molecule has 1 aliphatic heterocycles. The van der Waals surface area contributed by atoms with Gasteiger partial charge in [0.15, 0.2) is 0 Å². The van der Waals surface area contributed by atoms with Gasteiger partial charge in [0.25, 0.3) is 5.91 Å². The van der Waals surface area contributed by atoms with Gasteiger partial charge in [0.05, 0.1) is 29.1 Å². The van der Waals surface area contributed by atoms with Gasteiger partial charge in [-0.2, -0.15) is 0 Å². The Morgan fingerprint density at radius 2 is 1.76 bits per heavy atom. The molecular weight excluding hydrogens is 394 g/mol. The van der Waals surface area contributed by atoms with Crippen molar-refractivity contribution in [2.45, 2.75) is 13.8 Å². The Labute approximate surface area is 174 Å². The van der Waals surface area contributed by atoms with Crippen LogP contribution in [0.15, 0.2) is 24.3 Å². The highest BCUT2D eigenvalue weighted by atomic mass is 35.5. The molecule has 2 heterocycles. The summed E-state index contributed by atoms with van der Waals surface area (Å²) in [5.74, 6) is -1.37. The van der Waals surface area contributed by atoms with Gasteiger partial charge in [0.2, 0.25) is 0 Å². The number of amides is 1. The van der Waals surface area contributed by atoms with Gasteiger partial charge < -0.3 is 15.1 Å². The van der Waals surface area contributed by atoms with E-state index in [0.29, 0.717) is 65.8 Å². The van der Waals surface area contributed by atoms with Crippen LogP contribution >= 0.6 is 11.6 Å². The Balaban J connectivity index is 2.10. The number of piperazine rings is 1. The number of carboxylic acid groups (broad SMARTS) is 1. The van der Waals surface area contributed by atoms with Crippen molar-refractivity contribution in [2.24, 2.45) is 0 Å². The Kier molecular flexibility index (Phi) is 6.52. The summed E-state index contributed by atoms with van der Waals surface area (Å²) in [6, 6.07) is 6.85. The minimum absolute atomic E-state index is 0.0140. The predicted octanol–water partition coefficient (Wildman–Crippen LogP) is 2.47. The fourth-order valence-electron chi connectivity index (χ4n) is 3.78. The summed E-state index contributed by atoms with van der Waals surface area (Å²) >= 11 is 6.15. The zero-order valence-electron chi connectivity index (χ0n) is 16.5. The molecule has 0 bridgehead atoms. The van der Waals surface area contributed by atoms with E-state index in [2.05, 4.69) is 9.88 Å². The van der Waals surface area contributed by atoms with Crippen LogP contribution in [0.3, 0.4) is 0 Å². The molecule has 7 nitrogen and oxygen atoms in total. The van der Waals surface area contributed by atoms with Gasteiger partial charge in [-0.25, -0.2) is 4.79 Å². The molecule has 1 amide bonds. The van der Waals surface area contributed by atoms with Gasteiger partial charge in [-0.1, -0.05) is 23.7 Å². The molecular formula is C21H24ClN3O4. The van der Waals surface area contributed by atoms with Crippen LogP contribution in [-0.2, 0) is 0 Å². The Morgan fingerprint density at radius 3 is 2.34 bits per heavy atom. The molecule has 0 unspecified atom stereocenters. The zero-order valence-corrected chi connectivity index (χ0v) is 17.2. The molecule has 0 radical (unpaired) electrons. The molecule has 1 saturated heterocycles. The number of nitrogens with zero attached hydrogens (tertiary/aromatic N) is 3. The topological polar surface area (TPSA) is 94.0 Å². The maximum Gasteiger partial charge on any atom is 0.338 e. The number of aromatic carboxylic acids is 1. The van der Waals surface area contributed by atoms with E-state index in [4.69, 9.17) is 16.7 Å². The maximum absolute atomic E-state index is 13.4. The number of β-amino-alcohol motifs (C(OH)–C–C–N with tert-alkyl or cyclic N) is 1. The highest BCUT2D eigenvalue weighted by molar-refractivity contribution is 6.31. The Bertz CT molecular complexity index is 940. The average molecular weight is 418 g/mol. The number of aryl methyl sites for hydroxylation is 2. The quantitative estimate of drug-likeness (QED) is 0.776. The molecule has 1 aliphatic rings. The van der Waals surface area contributed by atoms with Crippen LogP contribution in [0, 0.1) is 13.8 Å². The number of aliphatic hydroxyl groups excluding tert-OH is 1. The van der Waals surface area contributed by atoms with Crippen molar-refractivity contribution >= 4 is 23.5 Å². The molecule has 8 heteroatoms. The lowest BCUT2D eigenvalue weighted by Gasteiger charge is -2.35. The third-order valence-electron chi connectivity index (χ3n) is 5.18. The molecule has 2 aromatic rings. The van der Waals surface area contributed by atoms with Gasteiger partial charge in [-0.15, -0.1) is 0 Å². The molecule has 154 valence electrons. The van der Waals surface area contributed by atoms with Gasteiger partial charge in [0, 0.05) is 43.3 Å². The fourth-order valence-corrected chi connectivity index (χ4v) is 3.97. The highest BCUT2D eigenvalue weighted by Gasteiger charge is 2.30. The van der Waals surface area contributed by atoms with Crippen LogP contribution in [0.4, 0.5) is 0 Å². The monoisotopic (exact) mass is 417 g/mol. The van der Waals surface area contributed by atoms with E-state index in [1.54, 1.807) is 43.0 Å². The molecule has 1 aromatic heterocycles. The van der Waals surface area contributed by atoms with Gasteiger partial charge in [0.1, 0.15) is 0 Å². The summed E-state index contributed by atoms with van der Waals surface area (Å²) in [6.07, 6.45) is 0. The fraction of sp³-hybridized carbons (Fsp3) is 0.381. The maximum atomic E-state index is 13.4. The van der Waals surface area contributed by atoms with Crippen molar-refractivity contribution in [3.8, 4) is 11.1 Å². The first kappa shape index (κ1) is 21.2. The van der Waals surface area contributed by atoms with Crippen molar-refractivity contribution in [1.82, 2.24) is 14.8 Å². The lowest BCUT2D eigenvalue weighted by Crippen LogP contribution is -2.49. The lowest BCUT2D eigenvalue weighted by molar-refractivity contribution is 0.0614.